The van der Waals surface area contributed by atoms with Crippen LogP contribution in [0.4, 0.5) is 0 Å². The summed E-state index contributed by atoms with van der Waals surface area (Å²) in [6.07, 6.45) is 0.705. The quantitative estimate of drug-likeness (QED) is 0.785. The van der Waals surface area contributed by atoms with Crippen LogP contribution in [0.3, 0.4) is 0 Å². The van der Waals surface area contributed by atoms with Crippen LogP contribution in [0.15, 0.2) is 9.31 Å². The van der Waals surface area contributed by atoms with Gasteiger partial charge in [-0.1, -0.05) is 0 Å². The fourth-order valence-electron chi connectivity index (χ4n) is 2.08. The van der Waals surface area contributed by atoms with Crippen molar-refractivity contribution < 1.29 is 17.9 Å². The third-order valence-corrected chi connectivity index (χ3v) is 4.90. The molecule has 6 nitrogen and oxygen atoms in total. The van der Waals surface area contributed by atoms with Crippen molar-refractivity contribution in [2.75, 3.05) is 20.6 Å². The van der Waals surface area contributed by atoms with Gasteiger partial charge < -0.3 is 14.4 Å². The largest absolute Gasteiger partial charge is 0.465 e. The Labute approximate surface area is 120 Å². The molecular formula is C13H24N2O4S. The fraction of sp³-hybridized carbons (Fsp3) is 0.692. The van der Waals surface area contributed by atoms with Gasteiger partial charge in [0.05, 0.1) is 6.61 Å². The molecule has 0 amide bonds. The highest BCUT2D eigenvalue weighted by atomic mass is 32.2. The fourth-order valence-corrected chi connectivity index (χ4v) is 3.80. The van der Waals surface area contributed by atoms with Crippen LogP contribution in [-0.2, 0) is 16.6 Å². The van der Waals surface area contributed by atoms with E-state index in [9.17, 15) is 13.5 Å². The number of aryl methyl sites for hydroxylation is 2. The van der Waals surface area contributed by atoms with Gasteiger partial charge in [-0.3, -0.25) is 0 Å². The van der Waals surface area contributed by atoms with Crippen molar-refractivity contribution in [3.63, 3.8) is 0 Å². The van der Waals surface area contributed by atoms with Gasteiger partial charge in [0.15, 0.2) is 0 Å². The lowest BCUT2D eigenvalue weighted by Crippen LogP contribution is -2.35. The zero-order chi connectivity index (χ0) is 15.5. The van der Waals surface area contributed by atoms with Crippen LogP contribution in [0.5, 0.6) is 0 Å². The summed E-state index contributed by atoms with van der Waals surface area (Å²) in [5.74, 6) is 0.741. The van der Waals surface area contributed by atoms with Crippen LogP contribution < -0.4 is 4.72 Å². The molecule has 1 heterocycles. The van der Waals surface area contributed by atoms with Gasteiger partial charge in [-0.05, 0) is 47.8 Å². The Morgan fingerprint density at radius 3 is 2.40 bits per heavy atom. The smallest absolute Gasteiger partial charge is 0.244 e. The van der Waals surface area contributed by atoms with E-state index in [-0.39, 0.29) is 17.5 Å². The highest BCUT2D eigenvalue weighted by Gasteiger charge is 2.27. The highest BCUT2D eigenvalue weighted by Crippen LogP contribution is 2.26. The first-order valence-corrected chi connectivity index (χ1v) is 8.04. The minimum absolute atomic E-state index is 0.0641. The standard InChI is InChI=1S/C13H24N2O4S/c1-9(6-7-15(4)5)14-20(17,18)13-11(3)19-10(2)12(13)8-16/h9,14,16H,6-8H2,1-5H3. The molecule has 0 radical (unpaired) electrons. The number of hydrogen-bond donors (Lipinski definition) is 2. The maximum absolute atomic E-state index is 12.4. The lowest BCUT2D eigenvalue weighted by molar-refractivity contribution is 0.276. The summed E-state index contributed by atoms with van der Waals surface area (Å²) in [7, 11) is 0.196. The van der Waals surface area contributed by atoms with Crippen LogP contribution in [0, 0.1) is 13.8 Å². The molecular weight excluding hydrogens is 280 g/mol. The Bertz CT molecular complexity index is 549. The van der Waals surface area contributed by atoms with E-state index in [1.54, 1.807) is 13.8 Å². The van der Waals surface area contributed by atoms with E-state index in [1.165, 1.54) is 0 Å². The van der Waals surface area contributed by atoms with Gasteiger partial charge in [0.25, 0.3) is 0 Å². The molecule has 7 heteroatoms. The van der Waals surface area contributed by atoms with E-state index >= 15 is 0 Å². The monoisotopic (exact) mass is 304 g/mol. The summed E-state index contributed by atoms with van der Waals surface area (Å²) in [6.45, 7) is 5.49. The molecule has 1 unspecified atom stereocenters. The lowest BCUT2D eigenvalue weighted by Gasteiger charge is -2.17. The van der Waals surface area contributed by atoms with Crippen molar-refractivity contribution in [1.82, 2.24) is 9.62 Å². The summed E-state index contributed by atoms with van der Waals surface area (Å²) in [5, 5.41) is 9.33. The number of rotatable bonds is 7. The van der Waals surface area contributed by atoms with Gasteiger partial charge in [0.2, 0.25) is 10.0 Å². The van der Waals surface area contributed by atoms with Crippen molar-refractivity contribution in [1.29, 1.82) is 0 Å². The molecule has 1 atom stereocenters. The molecule has 0 bridgehead atoms. The van der Waals surface area contributed by atoms with Gasteiger partial charge in [0, 0.05) is 11.6 Å². The SMILES string of the molecule is Cc1oc(C)c(S(=O)(=O)NC(C)CCN(C)C)c1CO. The molecule has 1 aromatic heterocycles. The third-order valence-electron chi connectivity index (χ3n) is 3.12. The normalized spacial score (nSPS) is 13.9. The molecule has 116 valence electrons. The summed E-state index contributed by atoms with van der Waals surface area (Å²) in [6, 6.07) is -0.191. The molecule has 20 heavy (non-hydrogen) atoms. The minimum atomic E-state index is -3.68. The molecule has 0 aliphatic heterocycles. The highest BCUT2D eigenvalue weighted by molar-refractivity contribution is 7.89. The predicted molar refractivity (Wildman–Crippen MR) is 77.1 cm³/mol. The first kappa shape index (κ1) is 17.2. The van der Waals surface area contributed by atoms with Gasteiger partial charge in [-0.15, -0.1) is 0 Å². The van der Waals surface area contributed by atoms with Crippen LogP contribution >= 0.6 is 0 Å². The second-order valence-electron chi connectivity index (χ2n) is 5.29. The molecule has 0 aromatic carbocycles. The van der Waals surface area contributed by atoms with E-state index in [2.05, 4.69) is 4.72 Å². The van der Waals surface area contributed by atoms with E-state index in [0.717, 1.165) is 6.54 Å². The summed E-state index contributed by atoms with van der Waals surface area (Å²) in [4.78, 5) is 2.06. The minimum Gasteiger partial charge on any atom is -0.465 e. The Hall–Kier alpha value is -0.890. The molecule has 1 aromatic rings. The van der Waals surface area contributed by atoms with Crippen molar-refractivity contribution >= 4 is 10.0 Å². The van der Waals surface area contributed by atoms with E-state index in [1.807, 2.05) is 25.9 Å². The van der Waals surface area contributed by atoms with Crippen molar-refractivity contribution in [2.24, 2.45) is 0 Å². The van der Waals surface area contributed by atoms with E-state index in [4.69, 9.17) is 4.42 Å². The average molecular weight is 304 g/mol. The maximum Gasteiger partial charge on any atom is 0.244 e. The molecule has 0 saturated carbocycles. The second kappa shape index (κ2) is 6.71. The zero-order valence-electron chi connectivity index (χ0n) is 12.7. The number of hydrogen-bond acceptors (Lipinski definition) is 5. The van der Waals surface area contributed by atoms with Crippen LogP contribution in [0.2, 0.25) is 0 Å². The van der Waals surface area contributed by atoms with Crippen LogP contribution in [0.25, 0.3) is 0 Å². The summed E-state index contributed by atoms with van der Waals surface area (Å²) < 4.78 is 32.8. The molecule has 0 fully saturated rings. The first-order chi connectivity index (χ1) is 9.19. The Balaban J connectivity index is 2.94. The lowest BCUT2D eigenvalue weighted by atomic mass is 10.2. The molecule has 2 N–H and O–H groups in total. The molecule has 0 aliphatic rings. The van der Waals surface area contributed by atoms with Crippen molar-refractivity contribution in [3.05, 3.63) is 17.1 Å². The Kier molecular flexibility index (Phi) is 5.76. The molecule has 0 spiro atoms. The average Bonchev–Trinajstić information content (AvgIpc) is 2.60. The van der Waals surface area contributed by atoms with Gasteiger partial charge >= 0.3 is 0 Å². The van der Waals surface area contributed by atoms with Gasteiger partial charge in [-0.2, -0.15) is 0 Å². The van der Waals surface area contributed by atoms with Crippen LogP contribution in [-0.4, -0.2) is 45.1 Å². The van der Waals surface area contributed by atoms with Crippen molar-refractivity contribution in [2.45, 2.75) is 44.7 Å². The second-order valence-corrected chi connectivity index (χ2v) is 6.95. The number of aliphatic hydroxyl groups excluding tert-OH is 1. The molecule has 1 rings (SSSR count). The maximum atomic E-state index is 12.4. The van der Waals surface area contributed by atoms with Crippen LogP contribution in [0.1, 0.15) is 30.4 Å². The number of sulfonamides is 1. The van der Waals surface area contributed by atoms with Gasteiger partial charge in [0.1, 0.15) is 16.4 Å². The zero-order valence-corrected chi connectivity index (χ0v) is 13.5. The number of furan rings is 1. The number of nitrogens with one attached hydrogen (secondary N) is 1. The number of nitrogens with zero attached hydrogens (tertiary/aromatic N) is 1. The topological polar surface area (TPSA) is 82.8 Å². The molecule has 0 saturated heterocycles. The van der Waals surface area contributed by atoms with Crippen molar-refractivity contribution in [3.8, 4) is 0 Å². The third kappa shape index (κ3) is 4.05. The predicted octanol–water partition coefficient (Wildman–Crippen LogP) is 1.01. The first-order valence-electron chi connectivity index (χ1n) is 6.55. The Morgan fingerprint density at radius 1 is 1.30 bits per heavy atom. The molecule has 0 aliphatic carbocycles. The van der Waals surface area contributed by atoms with Gasteiger partial charge in [-0.25, -0.2) is 13.1 Å². The van der Waals surface area contributed by atoms with E-state index < -0.39 is 10.0 Å². The van der Waals surface area contributed by atoms with E-state index in [0.29, 0.717) is 23.5 Å². The summed E-state index contributed by atoms with van der Waals surface area (Å²) in [5.41, 5.74) is 0.329. The Morgan fingerprint density at radius 2 is 1.90 bits per heavy atom. The number of aliphatic hydroxyl groups is 1. The summed E-state index contributed by atoms with van der Waals surface area (Å²) >= 11 is 0.